The molecule has 0 fully saturated rings. The zero-order chi connectivity index (χ0) is 17.6. The van der Waals surface area contributed by atoms with Gasteiger partial charge in [0.25, 0.3) is 0 Å². The normalized spacial score (nSPS) is 14.9. The Hall–Kier alpha value is -2.63. The summed E-state index contributed by atoms with van der Waals surface area (Å²) in [7, 11) is 0. The molecule has 0 bridgehead atoms. The fraction of sp³-hybridized carbons (Fsp3) is 0.421. The maximum atomic E-state index is 12.7. The first-order valence-electron chi connectivity index (χ1n) is 8.63. The molecule has 25 heavy (non-hydrogen) atoms. The maximum absolute atomic E-state index is 12.7. The van der Waals surface area contributed by atoms with Crippen LogP contribution in [0.2, 0.25) is 0 Å². The van der Waals surface area contributed by atoms with Gasteiger partial charge in [0.1, 0.15) is 11.9 Å². The van der Waals surface area contributed by atoms with E-state index in [1.807, 2.05) is 30.3 Å². The Labute approximate surface area is 146 Å². The highest BCUT2D eigenvalue weighted by Gasteiger charge is 2.27. The van der Waals surface area contributed by atoms with Crippen molar-refractivity contribution < 1.29 is 18.8 Å². The van der Waals surface area contributed by atoms with Gasteiger partial charge >= 0.3 is 5.97 Å². The van der Waals surface area contributed by atoms with Gasteiger partial charge in [0, 0.05) is 18.9 Å². The summed E-state index contributed by atoms with van der Waals surface area (Å²) in [6, 6.07) is 9.35. The molecular formula is C19H22N2O4. The molecule has 0 unspecified atom stereocenters. The molecule has 0 aliphatic heterocycles. The fourth-order valence-electron chi connectivity index (χ4n) is 3.04. The summed E-state index contributed by atoms with van der Waals surface area (Å²) in [5.74, 6) is 0.112. The van der Waals surface area contributed by atoms with Crippen molar-refractivity contribution in [3.05, 3.63) is 52.9 Å². The van der Waals surface area contributed by atoms with Gasteiger partial charge in [-0.1, -0.05) is 41.9 Å². The smallest absolute Gasteiger partial charge is 0.361 e. The number of amides is 1. The summed E-state index contributed by atoms with van der Waals surface area (Å²) in [5.41, 5.74) is 1.95. The standard InChI is InChI=1S/C19H22N2O4/c1-13(22)20-12-17(14-8-4-2-5-9-14)24-19(23)18-15-10-6-3-7-11-16(15)25-21-18/h2,4-5,8-9,17H,3,6-7,10-12H2,1H3,(H,20,22)/t17-/m1/s1. The Morgan fingerprint density at radius 1 is 1.20 bits per heavy atom. The van der Waals surface area contributed by atoms with Crippen LogP contribution in [0, 0.1) is 0 Å². The van der Waals surface area contributed by atoms with E-state index in [1.165, 1.54) is 6.92 Å². The number of hydrogen-bond donors (Lipinski definition) is 1. The molecule has 1 aliphatic carbocycles. The Bertz CT molecular complexity index is 739. The predicted molar refractivity (Wildman–Crippen MR) is 91.0 cm³/mol. The van der Waals surface area contributed by atoms with Crippen molar-refractivity contribution in [2.45, 2.75) is 45.1 Å². The average Bonchev–Trinajstić information content (AvgIpc) is 2.88. The number of aryl methyl sites for hydroxylation is 1. The van der Waals surface area contributed by atoms with Crippen LogP contribution in [0.1, 0.15) is 59.7 Å². The van der Waals surface area contributed by atoms with E-state index in [1.54, 1.807) is 0 Å². The third-order valence-corrected chi connectivity index (χ3v) is 4.35. The monoisotopic (exact) mass is 342 g/mol. The highest BCUT2D eigenvalue weighted by Crippen LogP contribution is 2.26. The van der Waals surface area contributed by atoms with Crippen LogP contribution in [-0.4, -0.2) is 23.6 Å². The lowest BCUT2D eigenvalue weighted by Crippen LogP contribution is -2.28. The number of ether oxygens (including phenoxy) is 1. The van der Waals surface area contributed by atoms with Crippen molar-refractivity contribution in [2.24, 2.45) is 0 Å². The van der Waals surface area contributed by atoms with Crippen molar-refractivity contribution in [3.63, 3.8) is 0 Å². The second kappa shape index (κ2) is 7.96. The highest BCUT2D eigenvalue weighted by atomic mass is 16.5. The number of esters is 1. The second-order valence-corrected chi connectivity index (χ2v) is 6.24. The van der Waals surface area contributed by atoms with E-state index in [4.69, 9.17) is 9.26 Å². The molecule has 132 valence electrons. The number of benzene rings is 1. The topological polar surface area (TPSA) is 81.4 Å². The van der Waals surface area contributed by atoms with Crippen LogP contribution in [-0.2, 0) is 22.4 Å². The van der Waals surface area contributed by atoms with Crippen molar-refractivity contribution >= 4 is 11.9 Å². The molecule has 1 atom stereocenters. The van der Waals surface area contributed by atoms with Gasteiger partial charge in [-0.05, 0) is 24.8 Å². The molecule has 1 N–H and O–H groups in total. The first-order valence-corrected chi connectivity index (χ1v) is 8.63. The lowest BCUT2D eigenvalue weighted by Gasteiger charge is -2.18. The lowest BCUT2D eigenvalue weighted by atomic mass is 10.1. The van der Waals surface area contributed by atoms with Crippen molar-refractivity contribution in [2.75, 3.05) is 6.54 Å². The number of nitrogens with one attached hydrogen (secondary N) is 1. The van der Waals surface area contributed by atoms with Gasteiger partial charge < -0.3 is 14.6 Å². The largest absolute Gasteiger partial charge is 0.451 e. The SMILES string of the molecule is CC(=O)NC[C@@H](OC(=O)c1noc2c1CCCCC2)c1ccccc1. The summed E-state index contributed by atoms with van der Waals surface area (Å²) >= 11 is 0. The average molecular weight is 342 g/mol. The Kier molecular flexibility index (Phi) is 5.48. The lowest BCUT2D eigenvalue weighted by molar-refractivity contribution is -0.119. The molecule has 1 aromatic heterocycles. The molecule has 6 nitrogen and oxygen atoms in total. The Morgan fingerprint density at radius 2 is 1.96 bits per heavy atom. The van der Waals surface area contributed by atoms with Crippen LogP contribution >= 0.6 is 0 Å². The third-order valence-electron chi connectivity index (χ3n) is 4.35. The van der Waals surface area contributed by atoms with Crippen molar-refractivity contribution in [3.8, 4) is 0 Å². The van der Waals surface area contributed by atoms with Gasteiger partial charge in [-0.25, -0.2) is 4.79 Å². The molecule has 0 radical (unpaired) electrons. The molecule has 0 saturated carbocycles. The Morgan fingerprint density at radius 3 is 2.72 bits per heavy atom. The number of carbonyl (C=O) groups is 2. The molecule has 1 aliphatic rings. The van der Waals surface area contributed by atoms with Crippen molar-refractivity contribution in [1.82, 2.24) is 10.5 Å². The van der Waals surface area contributed by atoms with Gasteiger partial charge in [0.05, 0.1) is 6.54 Å². The van der Waals surface area contributed by atoms with E-state index in [-0.39, 0.29) is 18.1 Å². The quantitative estimate of drug-likeness (QED) is 0.667. The number of nitrogens with zero attached hydrogens (tertiary/aromatic N) is 1. The third kappa shape index (κ3) is 4.26. The van der Waals surface area contributed by atoms with Crippen LogP contribution in [0.25, 0.3) is 0 Å². The van der Waals surface area contributed by atoms with Gasteiger partial charge in [0.15, 0.2) is 5.69 Å². The van der Waals surface area contributed by atoms with Crippen LogP contribution in [0.3, 0.4) is 0 Å². The van der Waals surface area contributed by atoms with Gasteiger partial charge in [-0.2, -0.15) is 0 Å². The summed E-state index contributed by atoms with van der Waals surface area (Å²) in [6.45, 7) is 1.65. The van der Waals surface area contributed by atoms with E-state index >= 15 is 0 Å². The van der Waals surface area contributed by atoms with Crippen LogP contribution in [0.5, 0.6) is 0 Å². The molecule has 2 aromatic rings. The molecule has 0 spiro atoms. The molecule has 0 saturated heterocycles. The fourth-order valence-corrected chi connectivity index (χ4v) is 3.04. The number of aromatic nitrogens is 1. The van der Waals surface area contributed by atoms with Crippen LogP contribution < -0.4 is 5.32 Å². The van der Waals surface area contributed by atoms with E-state index in [9.17, 15) is 9.59 Å². The molecule has 3 rings (SSSR count). The highest BCUT2D eigenvalue weighted by molar-refractivity contribution is 5.89. The second-order valence-electron chi connectivity index (χ2n) is 6.24. The minimum Gasteiger partial charge on any atom is -0.451 e. The predicted octanol–water partition coefficient (Wildman–Crippen LogP) is 2.98. The number of fused-ring (bicyclic) bond motifs is 1. The minimum absolute atomic E-state index is 0.174. The molecular weight excluding hydrogens is 320 g/mol. The number of hydrogen-bond acceptors (Lipinski definition) is 5. The zero-order valence-corrected chi connectivity index (χ0v) is 14.3. The van der Waals surface area contributed by atoms with E-state index in [2.05, 4.69) is 10.5 Å². The van der Waals surface area contributed by atoms with E-state index < -0.39 is 12.1 Å². The first-order chi connectivity index (χ1) is 12.1. The van der Waals surface area contributed by atoms with E-state index in [0.29, 0.717) is 0 Å². The Balaban J connectivity index is 1.78. The zero-order valence-electron chi connectivity index (χ0n) is 14.3. The summed E-state index contributed by atoms with van der Waals surface area (Å²) in [5, 5.41) is 6.65. The summed E-state index contributed by atoms with van der Waals surface area (Å²) in [6.07, 6.45) is 4.20. The van der Waals surface area contributed by atoms with Gasteiger partial charge in [-0.15, -0.1) is 0 Å². The first kappa shape index (κ1) is 17.2. The van der Waals surface area contributed by atoms with Gasteiger partial charge in [-0.3, -0.25) is 4.79 Å². The molecule has 1 aromatic carbocycles. The van der Waals surface area contributed by atoms with Gasteiger partial charge in [0.2, 0.25) is 5.91 Å². The number of rotatable bonds is 5. The molecule has 1 amide bonds. The van der Waals surface area contributed by atoms with Crippen molar-refractivity contribution in [1.29, 1.82) is 0 Å². The summed E-state index contributed by atoms with van der Waals surface area (Å²) in [4.78, 5) is 23.9. The number of carbonyl (C=O) groups excluding carboxylic acids is 2. The molecule has 1 heterocycles. The van der Waals surface area contributed by atoms with Crippen LogP contribution in [0.15, 0.2) is 34.9 Å². The minimum atomic E-state index is -0.573. The summed E-state index contributed by atoms with van der Waals surface area (Å²) < 4.78 is 11.0. The molecule has 6 heteroatoms. The van der Waals surface area contributed by atoms with Crippen LogP contribution in [0.4, 0.5) is 0 Å². The maximum Gasteiger partial charge on any atom is 0.361 e. The van der Waals surface area contributed by atoms with E-state index in [0.717, 1.165) is 49.0 Å².